The van der Waals surface area contributed by atoms with E-state index in [0.29, 0.717) is 19.5 Å². The molecule has 12 nitrogen and oxygen atoms in total. The van der Waals surface area contributed by atoms with Gasteiger partial charge in [0.25, 0.3) is 5.91 Å². The third kappa shape index (κ3) is 5.41. The van der Waals surface area contributed by atoms with Crippen molar-refractivity contribution >= 4 is 11.9 Å². The number of hydrogen-bond donors (Lipinski definition) is 0. The van der Waals surface area contributed by atoms with Crippen molar-refractivity contribution in [2.45, 2.75) is 25.4 Å². The maximum absolute atomic E-state index is 12.8. The fourth-order valence-corrected chi connectivity index (χ4v) is 3.21. The summed E-state index contributed by atoms with van der Waals surface area (Å²) in [6.07, 6.45) is -0.530. The predicted octanol–water partition coefficient (Wildman–Crippen LogP) is 2.01. The van der Waals surface area contributed by atoms with Crippen molar-refractivity contribution in [1.29, 1.82) is 0 Å². The molecule has 4 heterocycles. The van der Waals surface area contributed by atoms with Crippen LogP contribution in [-0.4, -0.2) is 68.3 Å². The molecule has 15 heteroatoms. The summed E-state index contributed by atoms with van der Waals surface area (Å²) in [4.78, 5) is 33.4. The van der Waals surface area contributed by atoms with Crippen LogP contribution in [0.5, 0.6) is 11.6 Å². The first-order valence-corrected chi connectivity index (χ1v) is 9.80. The zero-order chi connectivity index (χ0) is 24.3. The molecule has 1 atom stereocenters. The molecule has 3 aromatic rings. The lowest BCUT2D eigenvalue weighted by Gasteiger charge is -2.14. The van der Waals surface area contributed by atoms with Gasteiger partial charge in [0.15, 0.2) is 18.0 Å². The van der Waals surface area contributed by atoms with E-state index in [-0.39, 0.29) is 41.6 Å². The van der Waals surface area contributed by atoms with Gasteiger partial charge in [-0.15, -0.1) is 18.3 Å². The van der Waals surface area contributed by atoms with Crippen molar-refractivity contribution in [2.24, 2.45) is 0 Å². The molecule has 0 radical (unpaired) electrons. The Labute approximate surface area is 189 Å². The van der Waals surface area contributed by atoms with Crippen LogP contribution in [-0.2, 0) is 11.3 Å². The number of oxazole rings is 1. The molecule has 4 rings (SSSR count). The molecule has 34 heavy (non-hydrogen) atoms. The predicted molar refractivity (Wildman–Crippen MR) is 103 cm³/mol. The number of carbonyl (C=O) groups excluding carboxylic acids is 2. The number of esters is 1. The van der Waals surface area contributed by atoms with E-state index in [2.05, 4.69) is 29.8 Å². The number of carbonyl (C=O) groups is 2. The van der Waals surface area contributed by atoms with Gasteiger partial charge in [-0.3, -0.25) is 4.79 Å². The smallest absolute Gasteiger partial charge is 0.482 e. The zero-order valence-electron chi connectivity index (χ0n) is 17.6. The van der Waals surface area contributed by atoms with Gasteiger partial charge in [0.1, 0.15) is 12.0 Å². The molecule has 180 valence electrons. The summed E-state index contributed by atoms with van der Waals surface area (Å²) in [6.45, 7) is 0.597. The Bertz CT molecular complexity index is 1160. The molecule has 1 unspecified atom stereocenters. The number of amides is 1. The second kappa shape index (κ2) is 9.36. The number of methoxy groups -OCH3 is 1. The van der Waals surface area contributed by atoms with Crippen LogP contribution in [0.3, 0.4) is 0 Å². The first kappa shape index (κ1) is 23.0. The number of halogens is 3. The highest BCUT2D eigenvalue weighted by Gasteiger charge is 2.32. The molecule has 0 saturated carbocycles. The topological polar surface area (TPSA) is 135 Å². The summed E-state index contributed by atoms with van der Waals surface area (Å²) >= 11 is 0. The van der Waals surface area contributed by atoms with Crippen molar-refractivity contribution in [1.82, 2.24) is 29.9 Å². The van der Waals surface area contributed by atoms with Gasteiger partial charge in [-0.2, -0.15) is 0 Å². The van der Waals surface area contributed by atoms with Gasteiger partial charge in [0, 0.05) is 19.2 Å². The summed E-state index contributed by atoms with van der Waals surface area (Å²) in [5, 5.41) is 7.68. The molecule has 0 aromatic carbocycles. The van der Waals surface area contributed by atoms with Crippen molar-refractivity contribution < 1.29 is 41.4 Å². The number of rotatable bonds is 7. The van der Waals surface area contributed by atoms with Gasteiger partial charge in [-0.05, 0) is 12.5 Å². The Kier molecular flexibility index (Phi) is 6.34. The monoisotopic (exact) mass is 482 g/mol. The SMILES string of the molecule is COC(=O)c1cn(C2CCN(C(=O)c3coc(COc4ccc(OC(F)(F)F)nc4)n3)C2)nn1. The number of hydrogen-bond acceptors (Lipinski definition) is 10. The molecular weight excluding hydrogens is 465 g/mol. The number of nitrogens with zero attached hydrogens (tertiary/aromatic N) is 6. The van der Waals surface area contributed by atoms with E-state index in [4.69, 9.17) is 9.15 Å². The van der Waals surface area contributed by atoms with Crippen molar-refractivity contribution in [3.8, 4) is 11.6 Å². The Morgan fingerprint density at radius 3 is 2.79 bits per heavy atom. The Morgan fingerprint density at radius 2 is 2.09 bits per heavy atom. The molecule has 1 saturated heterocycles. The van der Waals surface area contributed by atoms with Crippen LogP contribution >= 0.6 is 0 Å². The fraction of sp³-hybridized carbons (Fsp3) is 0.368. The van der Waals surface area contributed by atoms with Gasteiger partial charge in [-0.25, -0.2) is 19.4 Å². The van der Waals surface area contributed by atoms with Crippen LogP contribution in [0.2, 0.25) is 0 Å². The lowest BCUT2D eigenvalue weighted by Crippen LogP contribution is -2.29. The van der Waals surface area contributed by atoms with Crippen molar-refractivity contribution in [3.05, 3.63) is 48.1 Å². The lowest BCUT2D eigenvalue weighted by atomic mass is 10.3. The average molecular weight is 482 g/mol. The molecule has 0 spiro atoms. The number of aromatic nitrogens is 5. The standard InChI is InChI=1S/C19H17F3N6O6/c1-31-18(30)13-8-28(26-25-13)11-4-5-27(7-11)17(29)14-9-33-16(24-14)10-32-12-2-3-15(23-6-12)34-19(20,21)22/h2-3,6,8-9,11H,4-5,7,10H2,1H3. The van der Waals surface area contributed by atoms with Gasteiger partial charge < -0.3 is 23.5 Å². The summed E-state index contributed by atoms with van der Waals surface area (Å²) in [5.41, 5.74) is 0.145. The van der Waals surface area contributed by atoms with E-state index < -0.39 is 18.2 Å². The van der Waals surface area contributed by atoms with Crippen LogP contribution < -0.4 is 9.47 Å². The van der Waals surface area contributed by atoms with Gasteiger partial charge >= 0.3 is 12.3 Å². The van der Waals surface area contributed by atoms with Crippen LogP contribution in [0, 0.1) is 0 Å². The molecule has 1 amide bonds. The minimum Gasteiger partial charge on any atom is -0.482 e. The highest BCUT2D eigenvalue weighted by Crippen LogP contribution is 2.24. The number of ether oxygens (including phenoxy) is 3. The highest BCUT2D eigenvalue weighted by atomic mass is 19.4. The Balaban J connectivity index is 1.30. The average Bonchev–Trinajstić information content (AvgIpc) is 3.57. The second-order valence-corrected chi connectivity index (χ2v) is 7.06. The van der Waals surface area contributed by atoms with Crippen molar-refractivity contribution in [2.75, 3.05) is 20.2 Å². The Hall–Kier alpha value is -4.17. The van der Waals surface area contributed by atoms with E-state index in [9.17, 15) is 22.8 Å². The van der Waals surface area contributed by atoms with Crippen LogP contribution in [0.25, 0.3) is 0 Å². The summed E-state index contributed by atoms with van der Waals surface area (Å²) in [7, 11) is 1.24. The van der Waals surface area contributed by atoms with E-state index in [0.717, 1.165) is 12.3 Å². The van der Waals surface area contributed by atoms with E-state index in [1.807, 2.05) is 0 Å². The third-order valence-electron chi connectivity index (χ3n) is 4.79. The normalized spacial score (nSPS) is 15.9. The first-order valence-electron chi connectivity index (χ1n) is 9.80. The van der Waals surface area contributed by atoms with Crippen LogP contribution in [0.15, 0.2) is 35.2 Å². The second-order valence-electron chi connectivity index (χ2n) is 7.06. The van der Waals surface area contributed by atoms with Gasteiger partial charge in [0.2, 0.25) is 11.8 Å². The van der Waals surface area contributed by atoms with Crippen LogP contribution in [0.1, 0.15) is 39.3 Å². The Morgan fingerprint density at radius 1 is 1.26 bits per heavy atom. The summed E-state index contributed by atoms with van der Waals surface area (Å²) in [6, 6.07) is 2.07. The van der Waals surface area contributed by atoms with Crippen molar-refractivity contribution in [3.63, 3.8) is 0 Å². The third-order valence-corrected chi connectivity index (χ3v) is 4.79. The molecule has 0 aliphatic carbocycles. The minimum absolute atomic E-state index is 0.0696. The molecule has 0 N–H and O–H groups in total. The maximum Gasteiger partial charge on any atom is 0.574 e. The summed E-state index contributed by atoms with van der Waals surface area (Å²) in [5.74, 6) is -1.34. The zero-order valence-corrected chi connectivity index (χ0v) is 17.6. The lowest BCUT2D eigenvalue weighted by molar-refractivity contribution is -0.276. The van der Waals surface area contributed by atoms with Crippen LogP contribution in [0.4, 0.5) is 13.2 Å². The first-order chi connectivity index (χ1) is 16.2. The molecule has 1 aliphatic rings. The van der Waals surface area contributed by atoms with E-state index in [1.54, 1.807) is 4.90 Å². The number of alkyl halides is 3. The van der Waals surface area contributed by atoms with Gasteiger partial charge in [-0.1, -0.05) is 5.21 Å². The molecule has 1 aliphatic heterocycles. The maximum atomic E-state index is 12.8. The minimum atomic E-state index is -4.84. The van der Waals surface area contributed by atoms with E-state index >= 15 is 0 Å². The fourth-order valence-electron chi connectivity index (χ4n) is 3.21. The molecule has 3 aromatic heterocycles. The number of pyridine rings is 1. The molecular formula is C19H17F3N6O6. The molecule has 0 bridgehead atoms. The molecule has 1 fully saturated rings. The van der Waals surface area contributed by atoms with E-state index in [1.165, 1.54) is 30.3 Å². The highest BCUT2D eigenvalue weighted by molar-refractivity contribution is 5.92. The number of likely N-dealkylation sites (tertiary alicyclic amines) is 1. The summed E-state index contributed by atoms with van der Waals surface area (Å²) < 4.78 is 56.9. The quantitative estimate of drug-likeness (QED) is 0.460. The largest absolute Gasteiger partial charge is 0.574 e. The van der Waals surface area contributed by atoms with Gasteiger partial charge in [0.05, 0.1) is 25.5 Å².